The second kappa shape index (κ2) is 6.32. The van der Waals surface area contributed by atoms with Crippen molar-refractivity contribution in [2.24, 2.45) is 0 Å². The molecule has 0 saturated heterocycles. The van der Waals surface area contributed by atoms with Crippen LogP contribution in [0.15, 0.2) is 55.0 Å². The fraction of sp³-hybridized carbons (Fsp3) is 0.200. The summed E-state index contributed by atoms with van der Waals surface area (Å²) in [5.41, 5.74) is 5.80. The number of nitrogens with one attached hydrogen (secondary N) is 1. The Kier molecular flexibility index (Phi) is 3.87. The van der Waals surface area contributed by atoms with E-state index in [9.17, 15) is 0 Å². The van der Waals surface area contributed by atoms with E-state index in [1.807, 2.05) is 18.3 Å². The minimum Gasteiger partial charge on any atom is -0.492 e. The highest BCUT2D eigenvalue weighted by atomic mass is 16.5. The molecule has 3 heterocycles. The van der Waals surface area contributed by atoms with Gasteiger partial charge in [-0.05, 0) is 30.2 Å². The molecule has 0 bridgehead atoms. The Balaban J connectivity index is 1.62. The first-order chi connectivity index (χ1) is 11.8. The van der Waals surface area contributed by atoms with Crippen LogP contribution >= 0.6 is 0 Å². The van der Waals surface area contributed by atoms with E-state index in [1.165, 1.54) is 11.1 Å². The lowest BCUT2D eigenvalue weighted by molar-refractivity contribution is 0.358. The molecule has 120 valence electrons. The first-order valence-corrected chi connectivity index (χ1v) is 8.16. The Morgan fingerprint density at radius 3 is 2.88 bits per heavy atom. The van der Waals surface area contributed by atoms with Gasteiger partial charge in [-0.25, -0.2) is 4.98 Å². The minimum absolute atomic E-state index is 0.707. The third kappa shape index (κ3) is 2.83. The van der Waals surface area contributed by atoms with E-state index in [4.69, 9.17) is 4.74 Å². The molecule has 1 aliphatic rings. The highest BCUT2D eigenvalue weighted by Crippen LogP contribution is 2.39. The van der Waals surface area contributed by atoms with E-state index in [0.717, 1.165) is 41.2 Å². The first-order valence-electron chi connectivity index (χ1n) is 8.16. The van der Waals surface area contributed by atoms with E-state index in [0.29, 0.717) is 6.61 Å². The second-order valence-corrected chi connectivity index (χ2v) is 6.01. The van der Waals surface area contributed by atoms with Crippen molar-refractivity contribution in [2.45, 2.75) is 19.9 Å². The van der Waals surface area contributed by atoms with Crippen molar-refractivity contribution >= 4 is 5.82 Å². The third-order valence-electron chi connectivity index (χ3n) is 4.26. The van der Waals surface area contributed by atoms with Crippen LogP contribution in [0.5, 0.6) is 5.75 Å². The quantitative estimate of drug-likeness (QED) is 0.790. The summed E-state index contributed by atoms with van der Waals surface area (Å²) in [5.74, 6) is 1.87. The highest BCUT2D eigenvalue weighted by molar-refractivity contribution is 5.75. The molecule has 0 radical (unpaired) electrons. The zero-order valence-electron chi connectivity index (χ0n) is 13.6. The molecule has 0 spiro atoms. The van der Waals surface area contributed by atoms with Crippen molar-refractivity contribution in [1.82, 2.24) is 9.97 Å². The molecule has 4 nitrogen and oxygen atoms in total. The number of aryl methyl sites for hydroxylation is 1. The fourth-order valence-electron chi connectivity index (χ4n) is 3.09. The summed E-state index contributed by atoms with van der Waals surface area (Å²) in [5, 5.41) is 3.46. The predicted molar refractivity (Wildman–Crippen MR) is 95.2 cm³/mol. The summed E-state index contributed by atoms with van der Waals surface area (Å²) in [6.07, 6.45) is 6.36. The summed E-state index contributed by atoms with van der Waals surface area (Å²) in [7, 11) is 0. The minimum atomic E-state index is 0.707. The number of hydrogen-bond donors (Lipinski definition) is 1. The molecule has 1 N–H and O–H groups in total. The van der Waals surface area contributed by atoms with Crippen molar-refractivity contribution in [2.75, 3.05) is 11.9 Å². The lowest BCUT2D eigenvalue weighted by atomic mass is 10.0. The highest BCUT2D eigenvalue weighted by Gasteiger charge is 2.22. The molecule has 0 aliphatic carbocycles. The Labute approximate surface area is 141 Å². The van der Waals surface area contributed by atoms with Crippen LogP contribution in [0.4, 0.5) is 5.82 Å². The summed E-state index contributed by atoms with van der Waals surface area (Å²) >= 11 is 0. The molecule has 4 rings (SSSR count). The van der Waals surface area contributed by atoms with Gasteiger partial charge in [-0.15, -0.1) is 0 Å². The zero-order chi connectivity index (χ0) is 16.4. The van der Waals surface area contributed by atoms with Crippen molar-refractivity contribution < 1.29 is 4.74 Å². The van der Waals surface area contributed by atoms with Gasteiger partial charge < -0.3 is 10.1 Å². The van der Waals surface area contributed by atoms with Crippen molar-refractivity contribution in [1.29, 1.82) is 0 Å². The van der Waals surface area contributed by atoms with E-state index in [1.54, 1.807) is 12.4 Å². The van der Waals surface area contributed by atoms with Gasteiger partial charge in [0.05, 0.1) is 6.61 Å². The van der Waals surface area contributed by atoms with Crippen LogP contribution in [-0.2, 0) is 13.0 Å². The Hall–Kier alpha value is -2.88. The van der Waals surface area contributed by atoms with Gasteiger partial charge in [-0.1, -0.05) is 29.8 Å². The smallest absolute Gasteiger partial charge is 0.135 e. The van der Waals surface area contributed by atoms with E-state index < -0.39 is 0 Å². The largest absolute Gasteiger partial charge is 0.492 e. The number of anilines is 1. The molecule has 3 aromatic rings. The van der Waals surface area contributed by atoms with Crippen molar-refractivity contribution in [3.05, 3.63) is 71.7 Å². The van der Waals surface area contributed by atoms with Gasteiger partial charge in [0, 0.05) is 42.7 Å². The maximum atomic E-state index is 5.90. The normalized spacial score (nSPS) is 12.5. The topological polar surface area (TPSA) is 47.0 Å². The standard InChI is InChI=1S/C20H19N3O/c1-14-3-2-4-15(11-14)12-22-20-17-7-10-24-19(17)18(13-23-20)16-5-8-21-9-6-16/h2-6,8-9,11,13H,7,10,12H2,1H3,(H,22,23). The molecular formula is C20H19N3O. The Bertz CT molecular complexity index is 862. The second-order valence-electron chi connectivity index (χ2n) is 6.01. The molecule has 4 heteroatoms. The number of ether oxygens (including phenoxy) is 1. The lowest BCUT2D eigenvalue weighted by Crippen LogP contribution is -2.04. The summed E-state index contributed by atoms with van der Waals surface area (Å²) in [6, 6.07) is 12.5. The summed E-state index contributed by atoms with van der Waals surface area (Å²) < 4.78 is 5.90. The molecule has 0 fully saturated rings. The average molecular weight is 317 g/mol. The van der Waals surface area contributed by atoms with Gasteiger partial charge in [0.25, 0.3) is 0 Å². The van der Waals surface area contributed by atoms with Crippen LogP contribution in [0.3, 0.4) is 0 Å². The Morgan fingerprint density at radius 1 is 1.17 bits per heavy atom. The number of fused-ring (bicyclic) bond motifs is 1. The Morgan fingerprint density at radius 2 is 2.04 bits per heavy atom. The SMILES string of the molecule is Cc1cccc(CNc2ncc(-c3ccncc3)c3c2CCO3)c1. The van der Waals surface area contributed by atoms with Gasteiger partial charge in [0.15, 0.2) is 0 Å². The number of benzene rings is 1. The van der Waals surface area contributed by atoms with Gasteiger partial charge in [0.2, 0.25) is 0 Å². The molecule has 24 heavy (non-hydrogen) atoms. The molecule has 0 unspecified atom stereocenters. The fourth-order valence-corrected chi connectivity index (χ4v) is 3.09. The molecular weight excluding hydrogens is 298 g/mol. The first kappa shape index (κ1) is 14.7. The van der Waals surface area contributed by atoms with Crippen molar-refractivity contribution in [3.63, 3.8) is 0 Å². The molecule has 1 aliphatic heterocycles. The predicted octanol–water partition coefficient (Wildman–Crippen LogP) is 4.00. The van der Waals surface area contributed by atoms with Crippen LogP contribution in [0.2, 0.25) is 0 Å². The van der Waals surface area contributed by atoms with Crippen LogP contribution in [-0.4, -0.2) is 16.6 Å². The van der Waals surface area contributed by atoms with E-state index in [-0.39, 0.29) is 0 Å². The van der Waals surface area contributed by atoms with Gasteiger partial charge in [0.1, 0.15) is 11.6 Å². The maximum absolute atomic E-state index is 5.90. The van der Waals surface area contributed by atoms with Crippen LogP contribution in [0.1, 0.15) is 16.7 Å². The number of hydrogen-bond acceptors (Lipinski definition) is 4. The van der Waals surface area contributed by atoms with Crippen LogP contribution < -0.4 is 10.1 Å². The molecule has 2 aromatic heterocycles. The zero-order valence-corrected chi connectivity index (χ0v) is 13.6. The van der Waals surface area contributed by atoms with E-state index in [2.05, 4.69) is 46.5 Å². The van der Waals surface area contributed by atoms with Gasteiger partial charge in [-0.3, -0.25) is 4.98 Å². The number of aromatic nitrogens is 2. The van der Waals surface area contributed by atoms with E-state index >= 15 is 0 Å². The lowest BCUT2D eigenvalue weighted by Gasteiger charge is -2.13. The maximum Gasteiger partial charge on any atom is 0.135 e. The third-order valence-corrected chi connectivity index (χ3v) is 4.26. The number of rotatable bonds is 4. The number of pyridine rings is 2. The molecule has 1 aromatic carbocycles. The van der Waals surface area contributed by atoms with Crippen molar-refractivity contribution in [3.8, 4) is 16.9 Å². The summed E-state index contributed by atoms with van der Waals surface area (Å²) in [4.78, 5) is 8.73. The van der Waals surface area contributed by atoms with Gasteiger partial charge in [-0.2, -0.15) is 0 Å². The number of nitrogens with zero attached hydrogens (tertiary/aromatic N) is 2. The molecule has 0 atom stereocenters. The molecule has 0 amide bonds. The molecule has 0 saturated carbocycles. The average Bonchev–Trinajstić information content (AvgIpc) is 3.10. The monoisotopic (exact) mass is 317 g/mol. The summed E-state index contributed by atoms with van der Waals surface area (Å²) in [6.45, 7) is 3.57. The van der Waals surface area contributed by atoms with Gasteiger partial charge >= 0.3 is 0 Å². The van der Waals surface area contributed by atoms with Crippen LogP contribution in [0.25, 0.3) is 11.1 Å². The van der Waals surface area contributed by atoms with Crippen LogP contribution in [0, 0.1) is 6.92 Å².